The number of halogens is 1. The number of fused-ring (bicyclic) bond motifs is 1. The predicted octanol–water partition coefficient (Wildman–Crippen LogP) is 3.52. The van der Waals surface area contributed by atoms with Gasteiger partial charge in [-0.15, -0.1) is 0 Å². The minimum absolute atomic E-state index is 0.301. The van der Waals surface area contributed by atoms with Crippen LogP contribution in [-0.2, 0) is 6.54 Å². The van der Waals surface area contributed by atoms with Crippen molar-refractivity contribution in [1.82, 2.24) is 19.3 Å². The first-order valence-electron chi connectivity index (χ1n) is 6.28. The molecule has 0 aliphatic carbocycles. The van der Waals surface area contributed by atoms with Crippen molar-refractivity contribution in [1.29, 1.82) is 0 Å². The van der Waals surface area contributed by atoms with Gasteiger partial charge in [0, 0.05) is 17.6 Å². The van der Waals surface area contributed by atoms with Crippen LogP contribution >= 0.6 is 11.6 Å². The molecule has 4 nitrogen and oxygen atoms in total. The second-order valence-electron chi connectivity index (χ2n) is 4.84. The quantitative estimate of drug-likeness (QED) is 0.733. The summed E-state index contributed by atoms with van der Waals surface area (Å²) in [5.41, 5.74) is 1.04. The molecule has 0 saturated heterocycles. The first kappa shape index (κ1) is 12.2. The van der Waals surface area contributed by atoms with E-state index in [0.717, 1.165) is 21.7 Å². The van der Waals surface area contributed by atoms with E-state index in [2.05, 4.69) is 40.6 Å². The van der Waals surface area contributed by atoms with Crippen molar-refractivity contribution in [3.8, 4) is 0 Å². The number of benzene rings is 1. The highest BCUT2D eigenvalue weighted by Gasteiger charge is 2.11. The molecule has 19 heavy (non-hydrogen) atoms. The van der Waals surface area contributed by atoms with Gasteiger partial charge in [0.2, 0.25) is 0 Å². The third-order valence-corrected chi connectivity index (χ3v) is 3.49. The molecule has 2 heterocycles. The second-order valence-corrected chi connectivity index (χ2v) is 5.24. The Balaban J connectivity index is 2.04. The van der Waals surface area contributed by atoms with Crippen molar-refractivity contribution in [2.45, 2.75) is 26.4 Å². The molecule has 0 aliphatic heterocycles. The number of hydrogen-bond donors (Lipinski definition) is 0. The summed E-state index contributed by atoms with van der Waals surface area (Å²) in [6.45, 7) is 4.86. The molecule has 98 valence electrons. The van der Waals surface area contributed by atoms with Gasteiger partial charge in [-0.05, 0) is 26.0 Å². The molecule has 1 aromatic carbocycles. The van der Waals surface area contributed by atoms with Crippen molar-refractivity contribution in [2.24, 2.45) is 0 Å². The second kappa shape index (κ2) is 4.70. The zero-order valence-electron chi connectivity index (χ0n) is 10.9. The van der Waals surface area contributed by atoms with Gasteiger partial charge < -0.3 is 4.57 Å². The summed E-state index contributed by atoms with van der Waals surface area (Å²) in [5, 5.41) is 6.16. The third-order valence-electron chi connectivity index (χ3n) is 3.19. The molecule has 3 aromatic rings. The highest BCUT2D eigenvalue weighted by molar-refractivity contribution is 6.35. The number of rotatable bonds is 3. The molecule has 0 aliphatic rings. The van der Waals surface area contributed by atoms with Crippen LogP contribution in [0.3, 0.4) is 0 Å². The van der Waals surface area contributed by atoms with Gasteiger partial charge in [-0.2, -0.15) is 5.10 Å². The van der Waals surface area contributed by atoms with Crippen LogP contribution in [0.15, 0.2) is 36.8 Å². The Hall–Kier alpha value is -1.81. The molecule has 5 heteroatoms. The van der Waals surface area contributed by atoms with Gasteiger partial charge in [-0.1, -0.05) is 23.7 Å². The zero-order valence-corrected chi connectivity index (χ0v) is 11.7. The number of para-hydroxylation sites is 1. The topological polar surface area (TPSA) is 35.6 Å². The summed E-state index contributed by atoms with van der Waals surface area (Å²) in [5.74, 6) is 0.937. The maximum Gasteiger partial charge on any atom is 0.147 e. The minimum Gasteiger partial charge on any atom is -0.339 e. The summed E-state index contributed by atoms with van der Waals surface area (Å²) >= 11 is 6.28. The maximum atomic E-state index is 6.28. The molecule has 2 aromatic heterocycles. The Bertz CT molecular complexity index is 711. The van der Waals surface area contributed by atoms with E-state index < -0.39 is 0 Å². The number of hydrogen-bond acceptors (Lipinski definition) is 2. The first-order valence-corrected chi connectivity index (χ1v) is 6.66. The van der Waals surface area contributed by atoms with Crippen LogP contribution in [0.2, 0.25) is 5.02 Å². The van der Waals surface area contributed by atoms with Crippen molar-refractivity contribution in [3.05, 3.63) is 47.6 Å². The van der Waals surface area contributed by atoms with Gasteiger partial charge in [-0.3, -0.25) is 0 Å². The van der Waals surface area contributed by atoms with Crippen LogP contribution in [0.1, 0.15) is 25.7 Å². The predicted molar refractivity (Wildman–Crippen MR) is 76.5 cm³/mol. The fraction of sp³-hybridized carbons (Fsp3) is 0.286. The van der Waals surface area contributed by atoms with E-state index in [0.29, 0.717) is 12.6 Å². The monoisotopic (exact) mass is 274 g/mol. The molecule has 0 unspecified atom stereocenters. The third kappa shape index (κ3) is 2.12. The first-order chi connectivity index (χ1) is 9.16. The van der Waals surface area contributed by atoms with Gasteiger partial charge in [0.05, 0.1) is 17.1 Å². The molecule has 0 spiro atoms. The van der Waals surface area contributed by atoms with Crippen LogP contribution in [0.4, 0.5) is 0 Å². The number of nitrogens with zero attached hydrogens (tertiary/aromatic N) is 4. The van der Waals surface area contributed by atoms with Crippen LogP contribution in [0, 0.1) is 0 Å². The molecule has 0 radical (unpaired) electrons. The fourth-order valence-electron chi connectivity index (χ4n) is 2.32. The van der Waals surface area contributed by atoms with Crippen molar-refractivity contribution in [2.75, 3.05) is 0 Å². The van der Waals surface area contributed by atoms with E-state index >= 15 is 0 Å². The molecule has 0 fully saturated rings. The Morgan fingerprint density at radius 3 is 2.89 bits per heavy atom. The summed E-state index contributed by atoms with van der Waals surface area (Å²) in [7, 11) is 0. The van der Waals surface area contributed by atoms with E-state index in [-0.39, 0.29) is 0 Å². The van der Waals surface area contributed by atoms with E-state index in [1.165, 1.54) is 0 Å². The van der Waals surface area contributed by atoms with E-state index in [9.17, 15) is 0 Å². The lowest BCUT2D eigenvalue weighted by Gasteiger charge is -2.11. The Kier molecular flexibility index (Phi) is 3.03. The molecule has 0 bridgehead atoms. The smallest absolute Gasteiger partial charge is 0.147 e. The van der Waals surface area contributed by atoms with Crippen molar-refractivity contribution < 1.29 is 0 Å². The Labute approximate surface area is 116 Å². The minimum atomic E-state index is 0.301. The van der Waals surface area contributed by atoms with Crippen molar-refractivity contribution >= 4 is 22.5 Å². The largest absolute Gasteiger partial charge is 0.339 e. The lowest BCUT2D eigenvalue weighted by molar-refractivity contribution is 0.498. The molecular formula is C14H15ClN4. The average molecular weight is 275 g/mol. The molecular weight excluding hydrogens is 260 g/mol. The molecule has 0 saturated carbocycles. The Morgan fingerprint density at radius 2 is 2.11 bits per heavy atom. The van der Waals surface area contributed by atoms with E-state index in [1.54, 1.807) is 6.33 Å². The lowest BCUT2D eigenvalue weighted by Crippen LogP contribution is -2.11. The summed E-state index contributed by atoms with van der Waals surface area (Å²) in [6, 6.07) is 8.30. The van der Waals surface area contributed by atoms with Gasteiger partial charge in [0.25, 0.3) is 0 Å². The Morgan fingerprint density at radius 1 is 1.26 bits per heavy atom. The lowest BCUT2D eigenvalue weighted by atomic mass is 10.2. The average Bonchev–Trinajstić information content (AvgIpc) is 2.98. The van der Waals surface area contributed by atoms with E-state index in [4.69, 9.17) is 11.6 Å². The van der Waals surface area contributed by atoms with Gasteiger partial charge in [-0.25, -0.2) is 9.67 Å². The molecule has 0 atom stereocenters. The fourth-order valence-corrected chi connectivity index (χ4v) is 2.61. The summed E-state index contributed by atoms with van der Waals surface area (Å²) < 4.78 is 4.04. The zero-order chi connectivity index (χ0) is 13.4. The summed E-state index contributed by atoms with van der Waals surface area (Å²) in [4.78, 5) is 4.34. The van der Waals surface area contributed by atoms with Gasteiger partial charge in [0.15, 0.2) is 0 Å². The normalized spacial score (nSPS) is 11.6. The van der Waals surface area contributed by atoms with Crippen molar-refractivity contribution in [3.63, 3.8) is 0 Å². The SMILES string of the molecule is CC(C)n1ncnc1Cn1ccc2cccc(Cl)c21. The van der Waals surface area contributed by atoms with Gasteiger partial charge in [0.1, 0.15) is 12.2 Å². The molecule has 0 N–H and O–H groups in total. The highest BCUT2D eigenvalue weighted by Crippen LogP contribution is 2.25. The van der Waals surface area contributed by atoms with Crippen LogP contribution in [0.25, 0.3) is 10.9 Å². The number of aromatic nitrogens is 4. The van der Waals surface area contributed by atoms with E-state index in [1.807, 2.05) is 23.0 Å². The summed E-state index contributed by atoms with van der Waals surface area (Å²) in [6.07, 6.45) is 3.64. The van der Waals surface area contributed by atoms with Crippen LogP contribution < -0.4 is 0 Å². The van der Waals surface area contributed by atoms with Crippen LogP contribution in [-0.4, -0.2) is 19.3 Å². The molecule has 0 amide bonds. The maximum absolute atomic E-state index is 6.28. The molecule has 3 rings (SSSR count). The highest BCUT2D eigenvalue weighted by atomic mass is 35.5. The van der Waals surface area contributed by atoms with Crippen LogP contribution in [0.5, 0.6) is 0 Å². The standard InChI is InChI=1S/C14H15ClN4/c1-10(2)19-13(16-9-17-19)8-18-7-6-11-4-3-5-12(15)14(11)18/h3-7,9-10H,8H2,1-2H3. The van der Waals surface area contributed by atoms with Gasteiger partial charge >= 0.3 is 0 Å².